The summed E-state index contributed by atoms with van der Waals surface area (Å²) in [5.41, 5.74) is 4.85. The number of carbonyl (C=O) groups excluding carboxylic acids is 2. The van der Waals surface area contributed by atoms with Crippen LogP contribution in [-0.4, -0.2) is 35.4 Å². The highest BCUT2D eigenvalue weighted by molar-refractivity contribution is 6.00. The second-order valence-electron chi connectivity index (χ2n) is 8.51. The number of aromatic hydroxyl groups is 1. The molecule has 5 nitrogen and oxygen atoms in total. The van der Waals surface area contributed by atoms with E-state index in [1.165, 1.54) is 12.7 Å². The Hall–Kier alpha value is -3.34. The van der Waals surface area contributed by atoms with Crippen molar-refractivity contribution in [3.63, 3.8) is 0 Å². The zero-order chi connectivity index (χ0) is 23.3. The molecule has 0 aromatic heterocycles. The number of ether oxygens (including phenoxy) is 1. The molecule has 3 rings (SSSR count). The Morgan fingerprint density at radius 1 is 1.19 bits per heavy atom. The molecule has 1 heterocycles. The Labute approximate surface area is 190 Å². The maximum Gasteiger partial charge on any atom is 0.254 e. The number of rotatable bonds is 9. The van der Waals surface area contributed by atoms with E-state index >= 15 is 0 Å². The molecule has 2 aromatic rings. The van der Waals surface area contributed by atoms with Gasteiger partial charge in [0.15, 0.2) is 5.78 Å². The van der Waals surface area contributed by atoms with Crippen LogP contribution in [0, 0.1) is 0 Å². The summed E-state index contributed by atoms with van der Waals surface area (Å²) >= 11 is 0. The average molecular weight is 434 g/mol. The summed E-state index contributed by atoms with van der Waals surface area (Å²) in [6.45, 7) is 6.66. The summed E-state index contributed by atoms with van der Waals surface area (Å²) < 4.78 is 5.49. The van der Waals surface area contributed by atoms with E-state index in [1.54, 1.807) is 17.0 Å². The van der Waals surface area contributed by atoms with Gasteiger partial charge in [-0.1, -0.05) is 47.6 Å². The molecular formula is C27H31NO4. The number of hydrogen-bond donors (Lipinski definition) is 1. The van der Waals surface area contributed by atoms with Gasteiger partial charge in [-0.25, -0.2) is 0 Å². The zero-order valence-corrected chi connectivity index (χ0v) is 19.3. The average Bonchev–Trinajstić information content (AvgIpc) is 3.07. The van der Waals surface area contributed by atoms with Crippen molar-refractivity contribution in [2.24, 2.45) is 0 Å². The number of methoxy groups -OCH3 is 1. The zero-order valence-electron chi connectivity index (χ0n) is 19.3. The van der Waals surface area contributed by atoms with Crippen molar-refractivity contribution in [2.45, 2.75) is 46.6 Å². The van der Waals surface area contributed by atoms with E-state index in [1.807, 2.05) is 57.2 Å². The highest BCUT2D eigenvalue weighted by atomic mass is 16.5. The molecule has 0 saturated carbocycles. The number of allylic oxidation sites excluding steroid dienone is 4. The van der Waals surface area contributed by atoms with Gasteiger partial charge in [0.25, 0.3) is 5.91 Å². The molecular weight excluding hydrogens is 402 g/mol. The quantitative estimate of drug-likeness (QED) is 0.446. The lowest BCUT2D eigenvalue weighted by molar-refractivity contribution is -0.114. The number of amides is 1. The van der Waals surface area contributed by atoms with Gasteiger partial charge < -0.3 is 14.7 Å². The van der Waals surface area contributed by atoms with Gasteiger partial charge in [-0.15, -0.1) is 0 Å². The molecule has 0 radical (unpaired) electrons. The summed E-state index contributed by atoms with van der Waals surface area (Å²) in [5, 5.41) is 11.0. The number of hydrogen-bond acceptors (Lipinski definition) is 4. The van der Waals surface area contributed by atoms with Gasteiger partial charge in [-0.2, -0.15) is 0 Å². The Morgan fingerprint density at radius 2 is 1.91 bits per heavy atom. The first-order chi connectivity index (χ1) is 15.3. The third kappa shape index (κ3) is 5.47. The van der Waals surface area contributed by atoms with Crippen LogP contribution in [-0.2, 0) is 24.2 Å². The maximum atomic E-state index is 12.9. The highest BCUT2D eigenvalue weighted by Gasteiger charge is 2.32. The van der Waals surface area contributed by atoms with Crippen LogP contribution in [0.5, 0.6) is 11.5 Å². The Kier molecular flexibility index (Phi) is 7.52. The standard InChI is InChI=1S/C27H31NO4/c1-18(2)14-21(29)15-19(3)10-11-22-25(32-4)16-23-24(26(22)30)17-28(27(23)31)13-12-20-8-6-5-7-9-20/h5-10,14,16,30H,11-13,15,17H2,1-4H3/b19-10+. The van der Waals surface area contributed by atoms with E-state index < -0.39 is 0 Å². The van der Waals surface area contributed by atoms with Gasteiger partial charge in [0, 0.05) is 24.1 Å². The van der Waals surface area contributed by atoms with Gasteiger partial charge in [-0.3, -0.25) is 9.59 Å². The van der Waals surface area contributed by atoms with Crippen molar-refractivity contribution in [2.75, 3.05) is 13.7 Å². The fourth-order valence-corrected chi connectivity index (χ4v) is 3.98. The molecule has 1 N–H and O–H groups in total. The van der Waals surface area contributed by atoms with Crippen molar-refractivity contribution in [3.05, 3.63) is 82.0 Å². The molecule has 0 bridgehead atoms. The lowest BCUT2D eigenvalue weighted by Crippen LogP contribution is -2.26. The highest BCUT2D eigenvalue weighted by Crippen LogP contribution is 2.39. The van der Waals surface area contributed by atoms with Crippen LogP contribution in [0.15, 0.2) is 59.7 Å². The first-order valence-electron chi connectivity index (χ1n) is 10.9. The number of nitrogens with zero attached hydrogens (tertiary/aromatic N) is 1. The van der Waals surface area contributed by atoms with Gasteiger partial charge in [0.2, 0.25) is 0 Å². The van der Waals surface area contributed by atoms with E-state index in [4.69, 9.17) is 4.74 Å². The molecule has 0 spiro atoms. The van der Waals surface area contributed by atoms with E-state index in [0.29, 0.717) is 48.4 Å². The van der Waals surface area contributed by atoms with Crippen molar-refractivity contribution < 1.29 is 19.4 Å². The fraction of sp³-hybridized carbons (Fsp3) is 0.333. The largest absolute Gasteiger partial charge is 0.507 e. The summed E-state index contributed by atoms with van der Waals surface area (Å²) in [5.74, 6) is 0.562. The second kappa shape index (κ2) is 10.3. The van der Waals surface area contributed by atoms with Crippen LogP contribution in [0.2, 0.25) is 0 Å². The normalized spacial score (nSPS) is 13.2. The molecule has 0 aliphatic carbocycles. The van der Waals surface area contributed by atoms with Gasteiger partial charge in [0.1, 0.15) is 11.5 Å². The minimum absolute atomic E-state index is 0.0588. The van der Waals surface area contributed by atoms with E-state index in [0.717, 1.165) is 17.6 Å². The van der Waals surface area contributed by atoms with Gasteiger partial charge in [-0.05, 0) is 51.3 Å². The number of fused-ring (bicyclic) bond motifs is 1. The molecule has 0 saturated heterocycles. The van der Waals surface area contributed by atoms with E-state index in [-0.39, 0.29) is 17.4 Å². The van der Waals surface area contributed by atoms with Crippen LogP contribution in [0.25, 0.3) is 0 Å². The molecule has 32 heavy (non-hydrogen) atoms. The Morgan fingerprint density at radius 3 is 2.56 bits per heavy atom. The number of carbonyl (C=O) groups is 2. The molecule has 1 aliphatic heterocycles. The lowest BCUT2D eigenvalue weighted by Gasteiger charge is -2.15. The fourth-order valence-electron chi connectivity index (χ4n) is 3.98. The minimum Gasteiger partial charge on any atom is -0.507 e. The number of ketones is 1. The van der Waals surface area contributed by atoms with Crippen molar-refractivity contribution in [1.82, 2.24) is 4.90 Å². The molecule has 168 valence electrons. The summed E-state index contributed by atoms with van der Waals surface area (Å²) in [6, 6.07) is 11.8. The summed E-state index contributed by atoms with van der Waals surface area (Å²) in [6.07, 6.45) is 5.09. The summed E-state index contributed by atoms with van der Waals surface area (Å²) in [7, 11) is 1.53. The second-order valence-corrected chi connectivity index (χ2v) is 8.51. The van der Waals surface area contributed by atoms with E-state index in [9.17, 15) is 14.7 Å². The van der Waals surface area contributed by atoms with Crippen molar-refractivity contribution >= 4 is 11.7 Å². The topological polar surface area (TPSA) is 66.8 Å². The lowest BCUT2D eigenvalue weighted by atomic mass is 9.99. The third-order valence-corrected chi connectivity index (χ3v) is 5.63. The maximum absolute atomic E-state index is 12.9. The first-order valence-corrected chi connectivity index (χ1v) is 10.9. The number of benzene rings is 2. The Balaban J connectivity index is 1.77. The molecule has 5 heteroatoms. The van der Waals surface area contributed by atoms with Crippen molar-refractivity contribution in [3.8, 4) is 11.5 Å². The molecule has 0 fully saturated rings. The predicted octanol–water partition coefficient (Wildman–Crippen LogP) is 5.01. The number of phenols is 1. The van der Waals surface area contributed by atoms with Gasteiger partial charge in [0.05, 0.1) is 19.2 Å². The molecule has 1 amide bonds. The predicted molar refractivity (Wildman–Crippen MR) is 126 cm³/mol. The van der Waals surface area contributed by atoms with Crippen molar-refractivity contribution in [1.29, 1.82) is 0 Å². The SMILES string of the molecule is COc1cc2c(c(O)c1C/C=C(\C)CC(=O)C=C(C)C)CN(CCc1ccccc1)C2=O. The smallest absolute Gasteiger partial charge is 0.254 e. The minimum atomic E-state index is -0.0878. The Bertz CT molecular complexity index is 1060. The summed E-state index contributed by atoms with van der Waals surface area (Å²) in [4.78, 5) is 26.7. The monoisotopic (exact) mass is 433 g/mol. The number of phenolic OH excluding ortho intramolecular Hbond substituents is 1. The van der Waals surface area contributed by atoms with Crippen LogP contribution < -0.4 is 4.74 Å². The van der Waals surface area contributed by atoms with Gasteiger partial charge >= 0.3 is 0 Å². The molecule has 1 aliphatic rings. The van der Waals surface area contributed by atoms with Crippen LogP contribution >= 0.6 is 0 Å². The van der Waals surface area contributed by atoms with Crippen LogP contribution in [0.1, 0.15) is 54.2 Å². The third-order valence-electron chi connectivity index (χ3n) is 5.63. The molecule has 0 atom stereocenters. The molecule has 0 unspecified atom stereocenters. The van der Waals surface area contributed by atoms with Crippen LogP contribution in [0.4, 0.5) is 0 Å². The first kappa shape index (κ1) is 23.3. The van der Waals surface area contributed by atoms with E-state index in [2.05, 4.69) is 0 Å². The van der Waals surface area contributed by atoms with Crippen LogP contribution in [0.3, 0.4) is 0 Å². The molecule has 2 aromatic carbocycles.